The number of fused-ring (bicyclic) bond motifs is 1. The number of nitrogens with zero attached hydrogens (tertiary/aromatic N) is 3. The normalized spacial score (nSPS) is 20.3. The van der Waals surface area contributed by atoms with Gasteiger partial charge in [-0.3, -0.25) is 0 Å². The zero-order chi connectivity index (χ0) is 18.1. The van der Waals surface area contributed by atoms with Crippen molar-refractivity contribution in [3.63, 3.8) is 0 Å². The van der Waals surface area contributed by atoms with Crippen molar-refractivity contribution >= 4 is 22.8 Å². The number of benzene rings is 1. The van der Waals surface area contributed by atoms with Crippen molar-refractivity contribution in [3.8, 4) is 0 Å². The summed E-state index contributed by atoms with van der Waals surface area (Å²) in [5.74, 6) is -1.09. The molecule has 0 atom stereocenters. The van der Waals surface area contributed by atoms with Crippen molar-refractivity contribution in [2.45, 2.75) is 37.8 Å². The summed E-state index contributed by atoms with van der Waals surface area (Å²) in [5.41, 5.74) is 7.66. The largest absolute Gasteiger partial charge is 0.366 e. The molecule has 0 unspecified atom stereocenters. The Balaban J connectivity index is 1.61. The highest BCUT2D eigenvalue weighted by atomic mass is 19.2. The van der Waals surface area contributed by atoms with E-state index in [9.17, 15) is 8.78 Å². The van der Waals surface area contributed by atoms with Gasteiger partial charge in [-0.15, -0.1) is 5.10 Å². The molecule has 4 N–H and O–H groups in total. The Kier molecular flexibility index (Phi) is 4.42. The number of rotatable bonds is 4. The molecular formula is C18H20F2N6. The molecule has 1 aliphatic carbocycles. The highest BCUT2D eigenvalue weighted by Crippen LogP contribution is 2.26. The predicted octanol–water partition coefficient (Wildman–Crippen LogP) is 3.43. The molecule has 0 spiro atoms. The fraction of sp³-hybridized carbons (Fsp3) is 0.333. The van der Waals surface area contributed by atoms with E-state index < -0.39 is 11.6 Å². The minimum absolute atomic E-state index is 0.280. The van der Waals surface area contributed by atoms with Crippen LogP contribution in [0.2, 0.25) is 0 Å². The number of anilines is 3. The predicted molar refractivity (Wildman–Crippen MR) is 96.5 cm³/mol. The van der Waals surface area contributed by atoms with Gasteiger partial charge in [-0.05, 0) is 37.8 Å². The Morgan fingerprint density at radius 1 is 1.08 bits per heavy atom. The van der Waals surface area contributed by atoms with Gasteiger partial charge in [0.15, 0.2) is 17.3 Å². The molecule has 136 valence electrons. The van der Waals surface area contributed by atoms with Crippen LogP contribution in [-0.4, -0.2) is 26.7 Å². The van der Waals surface area contributed by atoms with Crippen LogP contribution in [0.15, 0.2) is 36.7 Å². The maximum atomic E-state index is 13.5. The van der Waals surface area contributed by atoms with E-state index in [-0.39, 0.29) is 6.04 Å². The van der Waals surface area contributed by atoms with E-state index in [0.29, 0.717) is 28.9 Å². The zero-order valence-electron chi connectivity index (χ0n) is 14.1. The minimum Gasteiger partial charge on any atom is -0.366 e. The molecule has 8 heteroatoms. The standard InChI is InChI=1S/C18H20F2N6/c19-14-6-5-13(9-15(14)20)23-16-10-17(25-26-8-7-22-18(16)26)24-12-3-1-11(21)2-4-12/h5-12,23H,1-4,21H2,(H,24,25). The van der Waals surface area contributed by atoms with Crippen LogP contribution in [0, 0.1) is 11.6 Å². The summed E-state index contributed by atoms with van der Waals surface area (Å²) in [5, 5.41) is 11.1. The van der Waals surface area contributed by atoms with Gasteiger partial charge in [-0.25, -0.2) is 18.3 Å². The Hall–Kier alpha value is -2.74. The molecule has 3 aromatic rings. The molecule has 0 amide bonds. The Bertz CT molecular complexity index is 917. The van der Waals surface area contributed by atoms with Crippen LogP contribution in [0.3, 0.4) is 0 Å². The smallest absolute Gasteiger partial charge is 0.177 e. The van der Waals surface area contributed by atoms with Crippen molar-refractivity contribution in [2.24, 2.45) is 5.73 Å². The van der Waals surface area contributed by atoms with Gasteiger partial charge in [0, 0.05) is 42.3 Å². The summed E-state index contributed by atoms with van der Waals surface area (Å²) in [6.07, 6.45) is 7.36. The maximum Gasteiger partial charge on any atom is 0.177 e. The highest BCUT2D eigenvalue weighted by molar-refractivity contribution is 5.75. The van der Waals surface area contributed by atoms with Crippen molar-refractivity contribution in [2.75, 3.05) is 10.6 Å². The third-order valence-corrected chi connectivity index (χ3v) is 4.68. The molecule has 1 aromatic carbocycles. The van der Waals surface area contributed by atoms with Crippen LogP contribution < -0.4 is 16.4 Å². The molecule has 1 saturated carbocycles. The lowest BCUT2D eigenvalue weighted by atomic mass is 9.92. The SMILES string of the molecule is NC1CCC(Nc2cc(Nc3ccc(F)c(F)c3)c3nccn3n2)CC1. The van der Waals surface area contributed by atoms with E-state index in [0.717, 1.165) is 37.8 Å². The van der Waals surface area contributed by atoms with Crippen molar-refractivity contribution < 1.29 is 8.78 Å². The van der Waals surface area contributed by atoms with Crippen LogP contribution in [0.25, 0.3) is 5.65 Å². The average Bonchev–Trinajstić information content (AvgIpc) is 3.09. The Morgan fingerprint density at radius 3 is 2.65 bits per heavy atom. The lowest BCUT2D eigenvalue weighted by Crippen LogP contribution is -2.33. The summed E-state index contributed by atoms with van der Waals surface area (Å²) in [7, 11) is 0. The molecule has 4 rings (SSSR count). The summed E-state index contributed by atoms with van der Waals surface area (Å²) in [4.78, 5) is 4.28. The minimum atomic E-state index is -0.902. The molecular weight excluding hydrogens is 338 g/mol. The quantitative estimate of drug-likeness (QED) is 0.666. The lowest BCUT2D eigenvalue weighted by Gasteiger charge is -2.27. The number of nitrogens with one attached hydrogen (secondary N) is 2. The van der Waals surface area contributed by atoms with Crippen molar-refractivity contribution in [1.29, 1.82) is 0 Å². The van der Waals surface area contributed by atoms with Crippen LogP contribution in [-0.2, 0) is 0 Å². The maximum absolute atomic E-state index is 13.5. The van der Waals surface area contributed by atoms with E-state index in [4.69, 9.17) is 5.73 Å². The highest BCUT2D eigenvalue weighted by Gasteiger charge is 2.19. The number of aromatic nitrogens is 3. The second-order valence-corrected chi connectivity index (χ2v) is 6.65. The topological polar surface area (TPSA) is 80.3 Å². The van der Waals surface area contributed by atoms with E-state index in [2.05, 4.69) is 20.7 Å². The van der Waals surface area contributed by atoms with Crippen molar-refractivity contribution in [3.05, 3.63) is 48.3 Å². The second-order valence-electron chi connectivity index (χ2n) is 6.65. The molecule has 2 heterocycles. The van der Waals surface area contributed by atoms with E-state index in [1.165, 1.54) is 6.07 Å². The number of hydrogen-bond acceptors (Lipinski definition) is 5. The van der Waals surface area contributed by atoms with Gasteiger partial charge in [-0.2, -0.15) is 0 Å². The molecule has 0 saturated heterocycles. The first kappa shape index (κ1) is 16.7. The monoisotopic (exact) mass is 358 g/mol. The first-order valence-corrected chi connectivity index (χ1v) is 8.67. The van der Waals surface area contributed by atoms with Crippen LogP contribution in [0.4, 0.5) is 26.0 Å². The van der Waals surface area contributed by atoms with Gasteiger partial charge in [0.05, 0.1) is 5.69 Å². The van der Waals surface area contributed by atoms with Crippen LogP contribution in [0.1, 0.15) is 25.7 Å². The number of nitrogens with two attached hydrogens (primary N) is 1. The second kappa shape index (κ2) is 6.87. The Labute approximate surface area is 149 Å². The zero-order valence-corrected chi connectivity index (χ0v) is 14.1. The van der Waals surface area contributed by atoms with E-state index >= 15 is 0 Å². The molecule has 0 bridgehead atoms. The average molecular weight is 358 g/mol. The molecule has 0 radical (unpaired) electrons. The lowest BCUT2D eigenvalue weighted by molar-refractivity contribution is 0.410. The summed E-state index contributed by atoms with van der Waals surface area (Å²) in [6, 6.07) is 6.12. The van der Waals surface area contributed by atoms with Gasteiger partial charge in [0.2, 0.25) is 0 Å². The number of imidazole rings is 1. The number of hydrogen-bond donors (Lipinski definition) is 3. The molecule has 1 fully saturated rings. The number of halogens is 2. The molecule has 6 nitrogen and oxygen atoms in total. The summed E-state index contributed by atoms with van der Waals surface area (Å²) < 4.78 is 28.3. The summed E-state index contributed by atoms with van der Waals surface area (Å²) in [6.45, 7) is 0. The fourth-order valence-corrected chi connectivity index (χ4v) is 3.28. The van der Waals surface area contributed by atoms with Gasteiger partial charge in [0.1, 0.15) is 5.82 Å². The summed E-state index contributed by atoms with van der Waals surface area (Å²) >= 11 is 0. The molecule has 0 aliphatic heterocycles. The van der Waals surface area contributed by atoms with Crippen LogP contribution >= 0.6 is 0 Å². The van der Waals surface area contributed by atoms with Crippen molar-refractivity contribution in [1.82, 2.24) is 14.6 Å². The first-order chi connectivity index (χ1) is 12.6. The van der Waals surface area contributed by atoms with E-state index in [1.807, 2.05) is 6.07 Å². The van der Waals surface area contributed by atoms with E-state index in [1.54, 1.807) is 16.9 Å². The van der Waals surface area contributed by atoms with Gasteiger partial charge in [-0.1, -0.05) is 0 Å². The van der Waals surface area contributed by atoms with Gasteiger partial charge in [0.25, 0.3) is 0 Å². The molecule has 26 heavy (non-hydrogen) atoms. The fourth-order valence-electron chi connectivity index (χ4n) is 3.28. The van der Waals surface area contributed by atoms with Crippen LogP contribution in [0.5, 0.6) is 0 Å². The van der Waals surface area contributed by atoms with Gasteiger partial charge < -0.3 is 16.4 Å². The molecule has 2 aromatic heterocycles. The first-order valence-electron chi connectivity index (χ1n) is 8.67. The van der Waals surface area contributed by atoms with Gasteiger partial charge >= 0.3 is 0 Å². The third-order valence-electron chi connectivity index (χ3n) is 4.68. The Morgan fingerprint density at radius 2 is 1.88 bits per heavy atom. The molecule has 1 aliphatic rings. The third kappa shape index (κ3) is 3.45.